The van der Waals surface area contributed by atoms with Crippen LogP contribution in [0.2, 0.25) is 0 Å². The van der Waals surface area contributed by atoms with Crippen molar-refractivity contribution in [1.82, 2.24) is 9.21 Å². The van der Waals surface area contributed by atoms with Crippen molar-refractivity contribution in [2.75, 3.05) is 33.3 Å². The van der Waals surface area contributed by atoms with Gasteiger partial charge in [0.15, 0.2) is 5.75 Å². The van der Waals surface area contributed by atoms with Gasteiger partial charge in [-0.3, -0.25) is 14.9 Å². The van der Waals surface area contributed by atoms with Crippen molar-refractivity contribution in [1.29, 1.82) is 0 Å². The molecule has 2 aliphatic rings. The van der Waals surface area contributed by atoms with Gasteiger partial charge in [0.1, 0.15) is 0 Å². The van der Waals surface area contributed by atoms with E-state index in [1.165, 1.54) is 36.4 Å². The lowest BCUT2D eigenvalue weighted by Crippen LogP contribution is -2.50. The van der Waals surface area contributed by atoms with Gasteiger partial charge in [0.05, 0.1) is 16.9 Å². The Labute approximate surface area is 164 Å². The van der Waals surface area contributed by atoms with Gasteiger partial charge in [-0.1, -0.05) is 12.8 Å². The van der Waals surface area contributed by atoms with E-state index in [0.29, 0.717) is 25.4 Å². The van der Waals surface area contributed by atoms with Crippen molar-refractivity contribution >= 4 is 21.6 Å². The number of nitro groups is 1. The highest BCUT2D eigenvalue weighted by Gasteiger charge is 2.32. The molecule has 1 amide bonds. The van der Waals surface area contributed by atoms with E-state index in [4.69, 9.17) is 4.74 Å². The molecular formula is C18H25N3O6S. The fraction of sp³-hybridized carbons (Fsp3) is 0.611. The topological polar surface area (TPSA) is 110 Å². The number of hydrogen-bond acceptors (Lipinski definition) is 6. The first kappa shape index (κ1) is 20.5. The Morgan fingerprint density at radius 2 is 1.86 bits per heavy atom. The number of ether oxygens (including phenoxy) is 1. The lowest BCUT2D eigenvalue weighted by atomic mass is 10.0. The summed E-state index contributed by atoms with van der Waals surface area (Å²) in [5.74, 6) is 0.546. The summed E-state index contributed by atoms with van der Waals surface area (Å²) in [6.07, 6.45) is 5.08. The van der Waals surface area contributed by atoms with Gasteiger partial charge in [0.25, 0.3) is 0 Å². The number of carbonyl (C=O) groups is 1. The van der Waals surface area contributed by atoms with E-state index in [-0.39, 0.29) is 29.6 Å². The van der Waals surface area contributed by atoms with Crippen LogP contribution in [0, 0.1) is 16.0 Å². The summed E-state index contributed by atoms with van der Waals surface area (Å²) >= 11 is 0. The Hall–Kier alpha value is -2.20. The van der Waals surface area contributed by atoms with E-state index >= 15 is 0 Å². The largest absolute Gasteiger partial charge is 0.490 e. The maximum atomic E-state index is 12.9. The first-order valence-electron chi connectivity index (χ1n) is 9.43. The molecule has 0 aromatic heterocycles. The van der Waals surface area contributed by atoms with Gasteiger partial charge < -0.3 is 9.64 Å². The van der Waals surface area contributed by atoms with E-state index in [9.17, 15) is 23.3 Å². The number of hydrogen-bond donors (Lipinski definition) is 0. The van der Waals surface area contributed by atoms with Crippen LogP contribution in [0.3, 0.4) is 0 Å². The van der Waals surface area contributed by atoms with E-state index in [2.05, 4.69) is 0 Å². The highest BCUT2D eigenvalue weighted by Crippen LogP contribution is 2.31. The van der Waals surface area contributed by atoms with Gasteiger partial charge >= 0.3 is 5.69 Å². The molecule has 3 rings (SSSR count). The smallest absolute Gasteiger partial charge is 0.312 e. The second-order valence-electron chi connectivity index (χ2n) is 7.23. The average molecular weight is 411 g/mol. The van der Waals surface area contributed by atoms with Crippen LogP contribution in [0.25, 0.3) is 0 Å². The molecule has 1 aromatic rings. The van der Waals surface area contributed by atoms with Gasteiger partial charge in [-0.05, 0) is 30.9 Å². The van der Waals surface area contributed by atoms with Crippen molar-refractivity contribution in [3.63, 3.8) is 0 Å². The Morgan fingerprint density at radius 1 is 1.21 bits per heavy atom. The molecule has 0 bridgehead atoms. The molecule has 1 aromatic carbocycles. The molecule has 1 aliphatic carbocycles. The molecule has 0 radical (unpaired) electrons. The number of methoxy groups -OCH3 is 1. The number of nitrogens with zero attached hydrogens (tertiary/aromatic N) is 3. The first-order valence-corrected chi connectivity index (χ1v) is 10.9. The van der Waals surface area contributed by atoms with Gasteiger partial charge in [-0.25, -0.2) is 8.42 Å². The second-order valence-corrected chi connectivity index (χ2v) is 9.17. The van der Waals surface area contributed by atoms with Crippen LogP contribution >= 0.6 is 0 Å². The molecule has 1 aliphatic heterocycles. The van der Waals surface area contributed by atoms with Crippen molar-refractivity contribution < 1.29 is 22.9 Å². The quantitative estimate of drug-likeness (QED) is 0.523. The lowest BCUT2D eigenvalue weighted by molar-refractivity contribution is -0.386. The zero-order valence-electron chi connectivity index (χ0n) is 15.9. The van der Waals surface area contributed by atoms with E-state index in [1.54, 1.807) is 4.90 Å². The van der Waals surface area contributed by atoms with Crippen LogP contribution in [0.5, 0.6) is 5.75 Å². The Balaban J connectivity index is 1.66. The molecule has 0 atom stereocenters. The van der Waals surface area contributed by atoms with Crippen LogP contribution in [0.15, 0.2) is 23.1 Å². The molecule has 0 N–H and O–H groups in total. The highest BCUT2D eigenvalue weighted by atomic mass is 32.2. The van der Waals surface area contributed by atoms with Crippen molar-refractivity contribution in [3.05, 3.63) is 28.3 Å². The molecule has 10 heteroatoms. The molecular weight excluding hydrogens is 386 g/mol. The predicted molar refractivity (Wildman–Crippen MR) is 102 cm³/mol. The van der Waals surface area contributed by atoms with E-state index in [1.807, 2.05) is 0 Å². The molecule has 154 valence electrons. The molecule has 1 saturated heterocycles. The second kappa shape index (κ2) is 8.44. The van der Waals surface area contributed by atoms with Crippen molar-refractivity contribution in [2.24, 2.45) is 5.92 Å². The molecule has 0 unspecified atom stereocenters. The lowest BCUT2D eigenvalue weighted by Gasteiger charge is -2.34. The van der Waals surface area contributed by atoms with Crippen molar-refractivity contribution in [3.8, 4) is 5.75 Å². The van der Waals surface area contributed by atoms with Crippen molar-refractivity contribution in [2.45, 2.75) is 37.0 Å². The summed E-state index contributed by atoms with van der Waals surface area (Å²) < 4.78 is 31.9. The van der Waals surface area contributed by atoms with Gasteiger partial charge in [-0.15, -0.1) is 0 Å². The standard InChI is InChI=1S/C18H25N3O6S/c1-27-17-7-6-15(13-16(17)21(23)24)28(25,26)20-10-8-19(9-11-20)18(22)12-14-4-2-3-5-14/h6-7,13-14H,2-5,8-12H2,1H3. The number of carbonyl (C=O) groups excluding carboxylic acids is 1. The summed E-state index contributed by atoms with van der Waals surface area (Å²) in [7, 11) is -2.59. The van der Waals surface area contributed by atoms with E-state index < -0.39 is 20.6 Å². The third kappa shape index (κ3) is 4.27. The maximum Gasteiger partial charge on any atom is 0.312 e. The number of rotatable bonds is 6. The minimum atomic E-state index is -3.88. The molecule has 2 fully saturated rings. The number of nitro benzene ring substituents is 1. The van der Waals surface area contributed by atoms with Crippen LogP contribution in [-0.2, 0) is 14.8 Å². The highest BCUT2D eigenvalue weighted by molar-refractivity contribution is 7.89. The Morgan fingerprint density at radius 3 is 2.43 bits per heavy atom. The minimum absolute atomic E-state index is 0.00581. The number of piperazine rings is 1. The third-order valence-corrected chi connectivity index (χ3v) is 7.41. The van der Waals surface area contributed by atoms with Crippen LogP contribution < -0.4 is 4.74 Å². The average Bonchev–Trinajstić information content (AvgIpc) is 3.20. The minimum Gasteiger partial charge on any atom is -0.490 e. The first-order chi connectivity index (χ1) is 13.3. The monoisotopic (exact) mass is 411 g/mol. The summed E-state index contributed by atoms with van der Waals surface area (Å²) in [6, 6.07) is 3.61. The molecule has 9 nitrogen and oxygen atoms in total. The fourth-order valence-corrected chi connectivity index (χ4v) is 5.33. The summed E-state index contributed by atoms with van der Waals surface area (Å²) in [5.41, 5.74) is -0.394. The zero-order valence-corrected chi connectivity index (χ0v) is 16.7. The summed E-state index contributed by atoms with van der Waals surface area (Å²) in [4.78, 5) is 24.5. The van der Waals surface area contributed by atoms with Crippen LogP contribution in [0.1, 0.15) is 32.1 Å². The molecule has 0 spiro atoms. The van der Waals surface area contributed by atoms with Crippen LogP contribution in [0.4, 0.5) is 5.69 Å². The molecule has 1 heterocycles. The number of benzene rings is 1. The molecule has 1 saturated carbocycles. The number of sulfonamides is 1. The fourth-order valence-electron chi connectivity index (χ4n) is 3.89. The zero-order chi connectivity index (χ0) is 20.3. The van der Waals surface area contributed by atoms with Crippen LogP contribution in [-0.4, -0.2) is 61.7 Å². The van der Waals surface area contributed by atoms with E-state index in [0.717, 1.165) is 18.9 Å². The van der Waals surface area contributed by atoms with Gasteiger partial charge in [-0.2, -0.15) is 4.31 Å². The van der Waals surface area contributed by atoms with Gasteiger partial charge in [0, 0.05) is 38.7 Å². The molecule has 28 heavy (non-hydrogen) atoms. The Kier molecular flexibility index (Phi) is 6.19. The number of amides is 1. The summed E-state index contributed by atoms with van der Waals surface area (Å²) in [5, 5.41) is 11.2. The summed E-state index contributed by atoms with van der Waals surface area (Å²) in [6.45, 7) is 1.03. The maximum absolute atomic E-state index is 12.9. The SMILES string of the molecule is COc1ccc(S(=O)(=O)N2CCN(C(=O)CC3CCCC3)CC2)cc1[N+](=O)[O-]. The predicted octanol–water partition coefficient (Wildman–Crippen LogP) is 2.02. The Bertz CT molecular complexity index is 843. The third-order valence-electron chi connectivity index (χ3n) is 5.51. The van der Waals surface area contributed by atoms with Gasteiger partial charge in [0.2, 0.25) is 15.9 Å². The normalized spacial score (nSPS) is 19.0.